The maximum atomic E-state index is 12.5. The SMILES string of the molecule is COP(=O)(OC)C1CC2CC1C1CCCC21. The van der Waals surface area contributed by atoms with Crippen molar-refractivity contribution in [2.75, 3.05) is 14.2 Å². The van der Waals surface area contributed by atoms with Gasteiger partial charge in [-0.15, -0.1) is 0 Å². The predicted octanol–water partition coefficient (Wildman–Crippen LogP) is 3.30. The molecule has 92 valence electrons. The molecule has 5 unspecified atom stereocenters. The largest absolute Gasteiger partial charge is 0.333 e. The Bertz CT molecular complexity index is 322. The Kier molecular flexibility index (Phi) is 2.69. The van der Waals surface area contributed by atoms with Crippen LogP contribution in [0.1, 0.15) is 32.1 Å². The molecule has 3 aliphatic rings. The fourth-order valence-corrected chi connectivity index (χ4v) is 6.77. The van der Waals surface area contributed by atoms with Gasteiger partial charge in [-0.1, -0.05) is 6.42 Å². The molecule has 3 nitrogen and oxygen atoms in total. The zero-order valence-corrected chi connectivity index (χ0v) is 11.0. The highest BCUT2D eigenvalue weighted by atomic mass is 31.2. The van der Waals surface area contributed by atoms with Crippen LogP contribution in [0.2, 0.25) is 0 Å². The van der Waals surface area contributed by atoms with Crippen molar-refractivity contribution in [2.45, 2.75) is 37.8 Å². The molecule has 3 saturated carbocycles. The quantitative estimate of drug-likeness (QED) is 0.714. The molecule has 0 radical (unpaired) electrons. The molecule has 3 fully saturated rings. The van der Waals surface area contributed by atoms with Gasteiger partial charge in [0.1, 0.15) is 0 Å². The minimum absolute atomic E-state index is 0.187. The standard InChI is InChI=1S/C12H21O3P/c1-14-16(13,15-2)12-7-8-6-11(12)10-5-3-4-9(8)10/h8-12H,3-7H2,1-2H3. The smallest absolute Gasteiger partial charge is 0.312 e. The van der Waals surface area contributed by atoms with E-state index in [1.807, 2.05) is 0 Å². The Morgan fingerprint density at radius 1 is 1.00 bits per heavy atom. The summed E-state index contributed by atoms with van der Waals surface area (Å²) in [5, 5.41) is 0. The molecule has 0 aliphatic heterocycles. The lowest BCUT2D eigenvalue weighted by atomic mass is 9.81. The van der Waals surface area contributed by atoms with Crippen molar-refractivity contribution in [3.63, 3.8) is 0 Å². The molecule has 0 aromatic heterocycles. The van der Waals surface area contributed by atoms with Crippen molar-refractivity contribution < 1.29 is 13.6 Å². The van der Waals surface area contributed by atoms with Crippen LogP contribution >= 0.6 is 7.60 Å². The molecule has 0 saturated heterocycles. The third-order valence-corrected chi connectivity index (χ3v) is 7.73. The minimum Gasteiger partial charge on any atom is -0.312 e. The number of hydrogen-bond donors (Lipinski definition) is 0. The summed E-state index contributed by atoms with van der Waals surface area (Å²) < 4.78 is 22.9. The Morgan fingerprint density at radius 2 is 1.69 bits per heavy atom. The summed E-state index contributed by atoms with van der Waals surface area (Å²) in [6.07, 6.45) is 6.47. The van der Waals surface area contributed by atoms with Crippen LogP contribution in [0, 0.1) is 23.7 Å². The van der Waals surface area contributed by atoms with Crippen LogP contribution < -0.4 is 0 Å². The van der Waals surface area contributed by atoms with Gasteiger partial charge in [-0.2, -0.15) is 0 Å². The Morgan fingerprint density at radius 3 is 2.38 bits per heavy atom. The highest BCUT2D eigenvalue weighted by molar-refractivity contribution is 7.54. The van der Waals surface area contributed by atoms with Crippen molar-refractivity contribution in [1.82, 2.24) is 0 Å². The molecule has 4 heteroatoms. The molecule has 0 N–H and O–H groups in total. The summed E-state index contributed by atoms with van der Waals surface area (Å²) in [4.78, 5) is 0. The van der Waals surface area contributed by atoms with Gasteiger partial charge in [0.15, 0.2) is 0 Å². The van der Waals surface area contributed by atoms with Crippen LogP contribution in [-0.4, -0.2) is 19.9 Å². The molecule has 0 aromatic rings. The number of fused-ring (bicyclic) bond motifs is 5. The van der Waals surface area contributed by atoms with E-state index in [0.29, 0.717) is 5.92 Å². The zero-order chi connectivity index (χ0) is 11.3. The van der Waals surface area contributed by atoms with Gasteiger partial charge in [-0.3, -0.25) is 4.57 Å². The van der Waals surface area contributed by atoms with Crippen LogP contribution in [0.5, 0.6) is 0 Å². The molecule has 3 rings (SSSR count). The molecule has 5 atom stereocenters. The highest BCUT2D eigenvalue weighted by Crippen LogP contribution is 2.69. The van der Waals surface area contributed by atoms with Crippen molar-refractivity contribution >= 4 is 7.60 Å². The first kappa shape index (κ1) is 11.3. The topological polar surface area (TPSA) is 35.5 Å². The minimum atomic E-state index is -2.82. The van der Waals surface area contributed by atoms with Gasteiger partial charge >= 0.3 is 7.60 Å². The van der Waals surface area contributed by atoms with Gasteiger partial charge in [0.05, 0.1) is 5.66 Å². The van der Waals surface area contributed by atoms with Gasteiger partial charge < -0.3 is 9.05 Å². The first-order valence-corrected chi connectivity index (χ1v) is 8.02. The molecule has 0 aromatic carbocycles. The Labute approximate surface area is 97.4 Å². The fourth-order valence-electron chi connectivity index (χ4n) is 4.74. The average Bonchev–Trinajstić information content (AvgIpc) is 2.98. The van der Waals surface area contributed by atoms with Crippen molar-refractivity contribution in [3.8, 4) is 0 Å². The third-order valence-electron chi connectivity index (χ3n) is 5.31. The summed E-state index contributed by atoms with van der Waals surface area (Å²) in [5.74, 6) is 3.18. The van der Waals surface area contributed by atoms with Crippen LogP contribution in [0.15, 0.2) is 0 Å². The van der Waals surface area contributed by atoms with Crippen molar-refractivity contribution in [2.24, 2.45) is 23.7 Å². The van der Waals surface area contributed by atoms with Gasteiger partial charge in [0.2, 0.25) is 0 Å². The van der Waals surface area contributed by atoms with E-state index in [2.05, 4.69) is 0 Å². The van der Waals surface area contributed by atoms with Crippen molar-refractivity contribution in [1.29, 1.82) is 0 Å². The van der Waals surface area contributed by atoms with E-state index < -0.39 is 7.60 Å². The van der Waals surface area contributed by atoms with Gasteiger partial charge in [0, 0.05) is 14.2 Å². The fraction of sp³-hybridized carbons (Fsp3) is 1.00. The maximum absolute atomic E-state index is 12.5. The molecular weight excluding hydrogens is 223 g/mol. The lowest BCUT2D eigenvalue weighted by Gasteiger charge is -2.34. The normalized spacial score (nSPS) is 46.2. The zero-order valence-electron chi connectivity index (χ0n) is 10.1. The number of rotatable bonds is 3. The van der Waals surface area contributed by atoms with Crippen LogP contribution in [-0.2, 0) is 13.6 Å². The van der Waals surface area contributed by atoms with Crippen LogP contribution in [0.25, 0.3) is 0 Å². The molecule has 16 heavy (non-hydrogen) atoms. The van der Waals surface area contributed by atoms with Gasteiger partial charge in [-0.05, 0) is 49.4 Å². The summed E-state index contributed by atoms with van der Waals surface area (Å²) in [5.41, 5.74) is 0.187. The second-order valence-corrected chi connectivity index (χ2v) is 8.10. The summed E-state index contributed by atoms with van der Waals surface area (Å²) >= 11 is 0. The molecular formula is C12H21O3P. The second-order valence-electron chi connectivity index (χ2n) is 5.63. The summed E-state index contributed by atoms with van der Waals surface area (Å²) in [6, 6.07) is 0. The first-order valence-electron chi connectivity index (χ1n) is 6.41. The third kappa shape index (κ3) is 1.38. The maximum Gasteiger partial charge on any atom is 0.333 e. The molecule has 3 aliphatic carbocycles. The van der Waals surface area contributed by atoms with Gasteiger partial charge in [0.25, 0.3) is 0 Å². The average molecular weight is 244 g/mol. The van der Waals surface area contributed by atoms with Crippen LogP contribution in [0.3, 0.4) is 0 Å². The van der Waals surface area contributed by atoms with E-state index in [4.69, 9.17) is 9.05 Å². The lowest BCUT2D eigenvalue weighted by molar-refractivity contribution is 0.212. The lowest BCUT2D eigenvalue weighted by Crippen LogP contribution is -2.29. The molecule has 0 amide bonds. The second kappa shape index (κ2) is 3.83. The van der Waals surface area contributed by atoms with E-state index in [-0.39, 0.29) is 5.66 Å². The molecule has 0 spiro atoms. The van der Waals surface area contributed by atoms with E-state index in [9.17, 15) is 4.57 Å². The van der Waals surface area contributed by atoms with Crippen molar-refractivity contribution in [3.05, 3.63) is 0 Å². The predicted molar refractivity (Wildman–Crippen MR) is 62.5 cm³/mol. The van der Waals surface area contributed by atoms with Gasteiger partial charge in [-0.25, -0.2) is 0 Å². The Hall–Kier alpha value is 0.150. The highest BCUT2D eigenvalue weighted by Gasteiger charge is 2.59. The monoisotopic (exact) mass is 244 g/mol. The Balaban J connectivity index is 1.84. The molecule has 2 bridgehead atoms. The van der Waals surface area contributed by atoms with Crippen LogP contribution in [0.4, 0.5) is 0 Å². The van der Waals surface area contributed by atoms with E-state index in [0.717, 1.165) is 24.2 Å². The number of hydrogen-bond acceptors (Lipinski definition) is 3. The first-order chi connectivity index (χ1) is 7.69. The summed E-state index contributed by atoms with van der Waals surface area (Å²) in [7, 11) is 0.240. The summed E-state index contributed by atoms with van der Waals surface area (Å²) in [6.45, 7) is 0. The van der Waals surface area contributed by atoms with E-state index in [1.54, 1.807) is 0 Å². The van der Waals surface area contributed by atoms with E-state index in [1.165, 1.54) is 39.9 Å². The van der Waals surface area contributed by atoms with E-state index >= 15 is 0 Å². The molecule has 0 heterocycles.